The van der Waals surface area contributed by atoms with E-state index in [-0.39, 0.29) is 16.5 Å². The molecule has 0 N–H and O–H groups in total. The van der Waals surface area contributed by atoms with E-state index in [0.29, 0.717) is 18.4 Å². The number of halogens is 2. The Morgan fingerprint density at radius 2 is 2.19 bits per heavy atom. The van der Waals surface area contributed by atoms with Crippen molar-refractivity contribution in [2.75, 3.05) is 0 Å². The zero-order valence-corrected chi connectivity index (χ0v) is 10.3. The third-order valence-corrected chi connectivity index (χ3v) is 3.79. The van der Waals surface area contributed by atoms with Gasteiger partial charge in [0.1, 0.15) is 4.33 Å². The van der Waals surface area contributed by atoms with E-state index in [1.54, 1.807) is 12.1 Å². The Kier molecular flexibility index (Phi) is 2.84. The number of nitrogens with zero attached hydrogens (tertiary/aromatic N) is 1. The summed E-state index contributed by atoms with van der Waals surface area (Å²) in [5.41, 5.74) is 1.76. The van der Waals surface area contributed by atoms with Gasteiger partial charge in [0.2, 0.25) is 0 Å². The fraction of sp³-hybridized carbons (Fsp3) is 0.455. The lowest BCUT2D eigenvalue weighted by molar-refractivity contribution is -0.385. The molecule has 1 fully saturated rings. The highest BCUT2D eigenvalue weighted by molar-refractivity contribution is 6.50. The van der Waals surface area contributed by atoms with Gasteiger partial charge in [0.15, 0.2) is 0 Å². The van der Waals surface area contributed by atoms with Crippen LogP contribution in [-0.4, -0.2) is 9.26 Å². The molecule has 0 heterocycles. The lowest BCUT2D eigenvalue weighted by Crippen LogP contribution is -2.00. The lowest BCUT2D eigenvalue weighted by Gasteiger charge is -2.04. The van der Waals surface area contributed by atoms with Crippen molar-refractivity contribution < 1.29 is 4.92 Å². The zero-order valence-electron chi connectivity index (χ0n) is 8.74. The molecule has 0 spiro atoms. The quantitative estimate of drug-likeness (QED) is 0.473. The SMILES string of the molecule is Cc1ccc(C[C@@H]2CC2(Cl)Cl)c([N+](=O)[O-])c1. The Morgan fingerprint density at radius 1 is 1.56 bits per heavy atom. The summed E-state index contributed by atoms with van der Waals surface area (Å²) in [6.07, 6.45) is 1.28. The third kappa shape index (κ3) is 2.30. The smallest absolute Gasteiger partial charge is 0.258 e. The van der Waals surface area contributed by atoms with Gasteiger partial charge >= 0.3 is 0 Å². The van der Waals surface area contributed by atoms with Crippen LogP contribution in [0, 0.1) is 23.0 Å². The lowest BCUT2D eigenvalue weighted by atomic mass is 10.0. The number of hydrogen-bond donors (Lipinski definition) is 0. The molecular formula is C11H11Cl2NO2. The molecule has 1 atom stereocenters. The van der Waals surface area contributed by atoms with Gasteiger partial charge in [-0.2, -0.15) is 0 Å². The maximum atomic E-state index is 10.9. The minimum absolute atomic E-state index is 0.136. The standard InChI is InChI=1S/C11H11Cl2NO2/c1-7-2-3-8(10(4-7)14(15)16)5-9-6-11(9,12)13/h2-4,9H,5-6H2,1H3/t9-/m1/s1. The molecule has 0 saturated heterocycles. The largest absolute Gasteiger partial charge is 0.272 e. The molecule has 0 amide bonds. The molecule has 1 aliphatic rings. The van der Waals surface area contributed by atoms with E-state index in [0.717, 1.165) is 5.56 Å². The van der Waals surface area contributed by atoms with E-state index < -0.39 is 4.33 Å². The van der Waals surface area contributed by atoms with Crippen LogP contribution in [0.25, 0.3) is 0 Å². The molecule has 1 saturated carbocycles. The second-order valence-corrected chi connectivity index (χ2v) is 5.80. The molecule has 3 nitrogen and oxygen atoms in total. The first kappa shape index (κ1) is 11.7. The van der Waals surface area contributed by atoms with E-state index in [1.165, 1.54) is 0 Å². The van der Waals surface area contributed by atoms with Gasteiger partial charge in [-0.25, -0.2) is 0 Å². The van der Waals surface area contributed by atoms with Gasteiger partial charge in [-0.3, -0.25) is 10.1 Å². The van der Waals surface area contributed by atoms with Crippen molar-refractivity contribution in [2.24, 2.45) is 5.92 Å². The van der Waals surface area contributed by atoms with E-state index in [2.05, 4.69) is 0 Å². The first-order chi connectivity index (χ1) is 7.40. The number of alkyl halides is 2. The van der Waals surface area contributed by atoms with Crippen molar-refractivity contribution >= 4 is 28.9 Å². The van der Waals surface area contributed by atoms with Gasteiger partial charge in [0.25, 0.3) is 5.69 Å². The molecular weight excluding hydrogens is 249 g/mol. The summed E-state index contributed by atoms with van der Waals surface area (Å²) < 4.78 is -0.682. The Morgan fingerprint density at radius 3 is 2.69 bits per heavy atom. The summed E-state index contributed by atoms with van der Waals surface area (Å²) in [4.78, 5) is 10.5. The minimum atomic E-state index is -0.682. The van der Waals surface area contributed by atoms with Crippen molar-refractivity contribution in [3.05, 3.63) is 39.4 Å². The van der Waals surface area contributed by atoms with Crippen LogP contribution in [0.1, 0.15) is 17.5 Å². The molecule has 0 radical (unpaired) electrons. The molecule has 0 aromatic heterocycles. The van der Waals surface area contributed by atoms with E-state index in [1.807, 2.05) is 13.0 Å². The number of nitro groups is 1. The summed E-state index contributed by atoms with van der Waals surface area (Å²) in [5.74, 6) is 0.136. The highest BCUT2D eigenvalue weighted by Crippen LogP contribution is 2.55. The van der Waals surface area contributed by atoms with Gasteiger partial charge in [-0.15, -0.1) is 23.2 Å². The predicted octanol–water partition coefficient (Wildman–Crippen LogP) is 3.64. The number of hydrogen-bond acceptors (Lipinski definition) is 2. The summed E-state index contributed by atoms with van der Waals surface area (Å²) in [5, 5.41) is 10.9. The van der Waals surface area contributed by atoms with Gasteiger partial charge in [-0.05, 0) is 31.2 Å². The van der Waals surface area contributed by atoms with E-state index in [9.17, 15) is 10.1 Å². The molecule has 1 aromatic rings. The average Bonchev–Trinajstić information content (AvgIpc) is 2.76. The number of aryl methyl sites for hydroxylation is 1. The van der Waals surface area contributed by atoms with E-state index in [4.69, 9.17) is 23.2 Å². The van der Waals surface area contributed by atoms with Crippen LogP contribution < -0.4 is 0 Å². The van der Waals surface area contributed by atoms with Crippen molar-refractivity contribution in [1.82, 2.24) is 0 Å². The zero-order chi connectivity index (χ0) is 11.9. The Balaban J connectivity index is 2.24. The molecule has 0 bridgehead atoms. The first-order valence-corrected chi connectivity index (χ1v) is 5.77. The van der Waals surface area contributed by atoms with E-state index >= 15 is 0 Å². The molecule has 1 aliphatic carbocycles. The van der Waals surface area contributed by atoms with Crippen LogP contribution >= 0.6 is 23.2 Å². The maximum Gasteiger partial charge on any atom is 0.272 e. The summed E-state index contributed by atoms with van der Waals surface area (Å²) in [6, 6.07) is 5.24. The van der Waals surface area contributed by atoms with Crippen molar-refractivity contribution in [3.8, 4) is 0 Å². The molecule has 86 valence electrons. The summed E-state index contributed by atoms with van der Waals surface area (Å²) in [7, 11) is 0. The van der Waals surface area contributed by atoms with Crippen molar-refractivity contribution in [2.45, 2.75) is 24.1 Å². The van der Waals surface area contributed by atoms with Gasteiger partial charge in [0.05, 0.1) is 4.92 Å². The molecule has 2 rings (SSSR count). The second-order valence-electron chi connectivity index (χ2n) is 4.26. The van der Waals surface area contributed by atoms with Gasteiger partial charge < -0.3 is 0 Å². The highest BCUT2D eigenvalue weighted by Gasteiger charge is 2.51. The molecule has 0 unspecified atom stereocenters. The second kappa shape index (κ2) is 3.90. The Labute approximate surface area is 104 Å². The third-order valence-electron chi connectivity index (χ3n) is 2.86. The normalized spacial score (nSPS) is 21.8. The van der Waals surface area contributed by atoms with Gasteiger partial charge in [-0.1, -0.05) is 12.1 Å². The number of nitro benzene ring substituents is 1. The molecule has 16 heavy (non-hydrogen) atoms. The van der Waals surface area contributed by atoms with Crippen LogP contribution in [0.4, 0.5) is 5.69 Å². The predicted molar refractivity (Wildman–Crippen MR) is 64.1 cm³/mol. The molecule has 5 heteroatoms. The van der Waals surface area contributed by atoms with Crippen molar-refractivity contribution in [1.29, 1.82) is 0 Å². The number of rotatable bonds is 3. The minimum Gasteiger partial charge on any atom is -0.258 e. The fourth-order valence-corrected chi connectivity index (χ4v) is 2.30. The molecule has 0 aliphatic heterocycles. The van der Waals surface area contributed by atoms with Crippen LogP contribution in [0.5, 0.6) is 0 Å². The average molecular weight is 260 g/mol. The maximum absolute atomic E-state index is 10.9. The van der Waals surface area contributed by atoms with Crippen LogP contribution in [0.2, 0.25) is 0 Å². The number of benzene rings is 1. The Bertz CT molecular complexity index is 446. The first-order valence-electron chi connectivity index (χ1n) is 5.02. The molecule has 1 aromatic carbocycles. The monoisotopic (exact) mass is 259 g/mol. The summed E-state index contributed by atoms with van der Waals surface area (Å²) >= 11 is 11.8. The fourth-order valence-electron chi connectivity index (χ4n) is 1.77. The van der Waals surface area contributed by atoms with Gasteiger partial charge in [0, 0.05) is 11.6 Å². The summed E-state index contributed by atoms with van der Waals surface area (Å²) in [6.45, 7) is 1.83. The van der Waals surface area contributed by atoms with Crippen LogP contribution in [-0.2, 0) is 6.42 Å². The van der Waals surface area contributed by atoms with Crippen molar-refractivity contribution in [3.63, 3.8) is 0 Å². The van der Waals surface area contributed by atoms with Crippen LogP contribution in [0.15, 0.2) is 18.2 Å². The highest BCUT2D eigenvalue weighted by atomic mass is 35.5. The topological polar surface area (TPSA) is 43.1 Å². The Hall–Kier alpha value is -0.800. The van der Waals surface area contributed by atoms with Crippen LogP contribution in [0.3, 0.4) is 0 Å².